The summed E-state index contributed by atoms with van der Waals surface area (Å²) in [5.41, 5.74) is 1.15. The quantitative estimate of drug-likeness (QED) is 0.875. The molecule has 0 aliphatic carbocycles. The summed E-state index contributed by atoms with van der Waals surface area (Å²) in [4.78, 5) is 12.2. The SMILES string of the molecule is CCS(=O)(=O)N(C)c1ccc(C(=O)Nc2ccc(F)c(Cl)c2)cc1. The van der Waals surface area contributed by atoms with E-state index in [4.69, 9.17) is 11.6 Å². The first-order valence-electron chi connectivity index (χ1n) is 7.07. The minimum Gasteiger partial charge on any atom is -0.322 e. The third-order valence-electron chi connectivity index (χ3n) is 3.45. The van der Waals surface area contributed by atoms with Crippen LogP contribution in [0.3, 0.4) is 0 Å². The molecular weight excluding hydrogens is 355 g/mol. The molecule has 0 unspecified atom stereocenters. The van der Waals surface area contributed by atoms with Crippen molar-refractivity contribution in [3.63, 3.8) is 0 Å². The first-order chi connectivity index (χ1) is 11.2. The van der Waals surface area contributed by atoms with E-state index in [2.05, 4.69) is 5.32 Å². The number of nitrogens with one attached hydrogen (secondary N) is 1. The van der Waals surface area contributed by atoms with Crippen LogP contribution in [0.5, 0.6) is 0 Å². The van der Waals surface area contributed by atoms with Crippen LogP contribution in [0.2, 0.25) is 5.02 Å². The van der Waals surface area contributed by atoms with Crippen molar-refractivity contribution >= 4 is 38.9 Å². The minimum atomic E-state index is -3.36. The first-order valence-corrected chi connectivity index (χ1v) is 9.06. The lowest BCUT2D eigenvalue weighted by Crippen LogP contribution is -2.28. The molecule has 0 bridgehead atoms. The van der Waals surface area contributed by atoms with Crippen LogP contribution in [-0.4, -0.2) is 27.1 Å². The lowest BCUT2D eigenvalue weighted by atomic mass is 10.2. The number of nitrogens with zero attached hydrogens (tertiary/aromatic N) is 1. The molecule has 1 amide bonds. The Morgan fingerprint density at radius 1 is 1.21 bits per heavy atom. The zero-order valence-electron chi connectivity index (χ0n) is 13.1. The molecule has 2 aromatic carbocycles. The fraction of sp³-hybridized carbons (Fsp3) is 0.188. The topological polar surface area (TPSA) is 66.5 Å². The molecule has 0 spiro atoms. The largest absolute Gasteiger partial charge is 0.322 e. The van der Waals surface area contributed by atoms with Crippen molar-refractivity contribution in [2.75, 3.05) is 22.4 Å². The van der Waals surface area contributed by atoms with Crippen LogP contribution in [0.1, 0.15) is 17.3 Å². The highest BCUT2D eigenvalue weighted by atomic mass is 35.5. The Morgan fingerprint density at radius 2 is 1.83 bits per heavy atom. The van der Waals surface area contributed by atoms with Crippen molar-refractivity contribution in [1.82, 2.24) is 0 Å². The molecule has 8 heteroatoms. The summed E-state index contributed by atoms with van der Waals surface area (Å²) in [5.74, 6) is -0.999. The van der Waals surface area contributed by atoms with Gasteiger partial charge in [-0.05, 0) is 49.4 Å². The van der Waals surface area contributed by atoms with E-state index in [1.54, 1.807) is 19.1 Å². The second-order valence-electron chi connectivity index (χ2n) is 5.00. The fourth-order valence-corrected chi connectivity index (χ4v) is 2.96. The number of rotatable bonds is 5. The minimum absolute atomic E-state index is 0.0168. The summed E-state index contributed by atoms with van der Waals surface area (Å²) >= 11 is 5.67. The Kier molecular flexibility index (Phi) is 5.46. The zero-order chi connectivity index (χ0) is 17.9. The average molecular weight is 371 g/mol. The fourth-order valence-electron chi connectivity index (χ4n) is 1.95. The van der Waals surface area contributed by atoms with Crippen molar-refractivity contribution in [3.05, 3.63) is 58.9 Å². The molecule has 0 aliphatic rings. The van der Waals surface area contributed by atoms with Gasteiger partial charge in [0.25, 0.3) is 5.91 Å². The molecule has 24 heavy (non-hydrogen) atoms. The number of amides is 1. The van der Waals surface area contributed by atoms with E-state index in [1.165, 1.54) is 31.3 Å². The van der Waals surface area contributed by atoms with Gasteiger partial charge in [-0.2, -0.15) is 0 Å². The average Bonchev–Trinajstić information content (AvgIpc) is 2.57. The second kappa shape index (κ2) is 7.19. The second-order valence-corrected chi connectivity index (χ2v) is 7.69. The van der Waals surface area contributed by atoms with E-state index in [-0.39, 0.29) is 10.8 Å². The van der Waals surface area contributed by atoms with Crippen molar-refractivity contribution in [2.45, 2.75) is 6.92 Å². The normalized spacial score (nSPS) is 11.2. The molecule has 2 aromatic rings. The highest BCUT2D eigenvalue weighted by Gasteiger charge is 2.16. The van der Waals surface area contributed by atoms with Gasteiger partial charge in [0.05, 0.1) is 16.5 Å². The van der Waals surface area contributed by atoms with Crippen LogP contribution in [0.25, 0.3) is 0 Å². The third-order valence-corrected chi connectivity index (χ3v) is 5.52. The van der Waals surface area contributed by atoms with Gasteiger partial charge in [0.1, 0.15) is 5.82 Å². The molecule has 0 atom stereocenters. The van der Waals surface area contributed by atoms with Crippen molar-refractivity contribution in [2.24, 2.45) is 0 Å². The van der Waals surface area contributed by atoms with Gasteiger partial charge in [-0.1, -0.05) is 11.6 Å². The zero-order valence-corrected chi connectivity index (χ0v) is 14.7. The lowest BCUT2D eigenvalue weighted by molar-refractivity contribution is 0.102. The van der Waals surface area contributed by atoms with Gasteiger partial charge in [0.15, 0.2) is 0 Å². The number of anilines is 2. The van der Waals surface area contributed by atoms with E-state index in [0.717, 1.165) is 10.4 Å². The molecule has 128 valence electrons. The Bertz CT molecular complexity index is 854. The molecular formula is C16H16ClFN2O3S. The van der Waals surface area contributed by atoms with Crippen molar-refractivity contribution in [3.8, 4) is 0 Å². The smallest absolute Gasteiger partial charge is 0.255 e. The Morgan fingerprint density at radius 3 is 2.38 bits per heavy atom. The van der Waals surface area contributed by atoms with Crippen LogP contribution in [0, 0.1) is 5.82 Å². The standard InChI is InChI=1S/C16H16ClFN2O3S/c1-3-24(22,23)20(2)13-7-4-11(5-8-13)16(21)19-12-6-9-15(18)14(17)10-12/h4-10H,3H2,1-2H3,(H,19,21). The van der Waals surface area contributed by atoms with E-state index in [1.807, 2.05) is 0 Å². The van der Waals surface area contributed by atoms with Crippen molar-refractivity contribution < 1.29 is 17.6 Å². The number of hydrogen-bond acceptors (Lipinski definition) is 3. The van der Waals surface area contributed by atoms with Crippen LogP contribution in [-0.2, 0) is 10.0 Å². The van der Waals surface area contributed by atoms with E-state index in [9.17, 15) is 17.6 Å². The van der Waals surface area contributed by atoms with Crippen LogP contribution < -0.4 is 9.62 Å². The van der Waals surface area contributed by atoms with Gasteiger partial charge in [-0.25, -0.2) is 12.8 Å². The Balaban J connectivity index is 2.15. The van der Waals surface area contributed by atoms with Crippen LogP contribution >= 0.6 is 11.6 Å². The van der Waals surface area contributed by atoms with Gasteiger partial charge in [0.2, 0.25) is 10.0 Å². The number of benzene rings is 2. The lowest BCUT2D eigenvalue weighted by Gasteiger charge is -2.18. The highest BCUT2D eigenvalue weighted by molar-refractivity contribution is 7.92. The molecule has 0 fully saturated rings. The van der Waals surface area contributed by atoms with E-state index < -0.39 is 21.7 Å². The molecule has 2 rings (SSSR count). The molecule has 0 aliphatic heterocycles. The molecule has 0 radical (unpaired) electrons. The van der Waals surface area contributed by atoms with Crippen LogP contribution in [0.15, 0.2) is 42.5 Å². The molecule has 5 nitrogen and oxygen atoms in total. The molecule has 1 N–H and O–H groups in total. The third kappa shape index (κ3) is 4.04. The number of halogens is 2. The summed E-state index contributed by atoms with van der Waals surface area (Å²) in [6.45, 7) is 1.56. The van der Waals surface area contributed by atoms with Crippen molar-refractivity contribution in [1.29, 1.82) is 0 Å². The number of carbonyl (C=O) groups is 1. The maximum Gasteiger partial charge on any atom is 0.255 e. The number of sulfonamides is 1. The summed E-state index contributed by atoms with van der Waals surface area (Å²) in [6.07, 6.45) is 0. The predicted octanol–water partition coefficient (Wildman–Crippen LogP) is 3.52. The monoisotopic (exact) mass is 370 g/mol. The maximum absolute atomic E-state index is 13.1. The summed E-state index contributed by atoms with van der Waals surface area (Å²) in [5, 5.41) is 2.51. The molecule has 0 heterocycles. The van der Waals surface area contributed by atoms with E-state index >= 15 is 0 Å². The van der Waals surface area contributed by atoms with Crippen LogP contribution in [0.4, 0.5) is 15.8 Å². The predicted molar refractivity (Wildman–Crippen MR) is 93.7 cm³/mol. The molecule has 0 saturated heterocycles. The van der Waals surface area contributed by atoms with Gasteiger partial charge >= 0.3 is 0 Å². The summed E-state index contributed by atoms with van der Waals surface area (Å²) < 4.78 is 37.9. The Hall–Kier alpha value is -2.12. The number of hydrogen-bond donors (Lipinski definition) is 1. The molecule has 0 aromatic heterocycles. The summed E-state index contributed by atoms with van der Waals surface area (Å²) in [6, 6.07) is 9.97. The first kappa shape index (κ1) is 18.2. The van der Waals surface area contributed by atoms with Gasteiger partial charge in [0, 0.05) is 18.3 Å². The van der Waals surface area contributed by atoms with Gasteiger partial charge in [-0.15, -0.1) is 0 Å². The Labute approximate surface area is 145 Å². The van der Waals surface area contributed by atoms with Gasteiger partial charge < -0.3 is 5.32 Å². The number of carbonyl (C=O) groups excluding carboxylic acids is 1. The summed E-state index contributed by atoms with van der Waals surface area (Å²) in [7, 11) is -1.91. The maximum atomic E-state index is 13.1. The van der Waals surface area contributed by atoms with E-state index in [0.29, 0.717) is 16.9 Å². The molecule has 0 saturated carbocycles. The van der Waals surface area contributed by atoms with Gasteiger partial charge in [-0.3, -0.25) is 9.10 Å². The highest BCUT2D eigenvalue weighted by Crippen LogP contribution is 2.21.